The fourth-order valence-electron chi connectivity index (χ4n) is 1.24. The molecule has 0 fully saturated rings. The maximum Gasteiger partial charge on any atom is 0.161 e. The highest BCUT2D eigenvalue weighted by Crippen LogP contribution is 2.28. The third-order valence-electron chi connectivity index (χ3n) is 2.11. The third-order valence-corrected chi connectivity index (χ3v) is 2.87. The van der Waals surface area contributed by atoms with Crippen LogP contribution in [-0.2, 0) is 0 Å². The lowest BCUT2D eigenvalue weighted by atomic mass is 10.1. The van der Waals surface area contributed by atoms with Crippen LogP contribution in [0.3, 0.4) is 0 Å². The monoisotopic (exact) mass is 334 g/mol. The van der Waals surface area contributed by atoms with E-state index in [-0.39, 0.29) is 5.78 Å². The Morgan fingerprint density at radius 3 is 2.69 bits per heavy atom. The minimum Gasteiger partial charge on any atom is -0.493 e. The van der Waals surface area contributed by atoms with E-state index in [4.69, 9.17) is 9.47 Å². The van der Waals surface area contributed by atoms with Gasteiger partial charge in [-0.2, -0.15) is 0 Å². The Morgan fingerprint density at radius 1 is 1.38 bits per heavy atom. The normalized spacial score (nSPS) is 9.94. The molecule has 0 spiro atoms. The molecule has 0 atom stereocenters. The number of hydrogen-bond donors (Lipinski definition) is 0. The van der Waals surface area contributed by atoms with Gasteiger partial charge in [0.05, 0.1) is 13.7 Å². The van der Waals surface area contributed by atoms with E-state index in [1.54, 1.807) is 25.3 Å². The maximum absolute atomic E-state index is 11.2. The Labute approximate surface area is 109 Å². The van der Waals surface area contributed by atoms with Crippen molar-refractivity contribution in [1.82, 2.24) is 0 Å². The molecule has 0 unspecified atom stereocenters. The summed E-state index contributed by atoms with van der Waals surface area (Å²) in [6.45, 7) is 2.20. The quantitative estimate of drug-likeness (QED) is 0.347. The van der Waals surface area contributed by atoms with Gasteiger partial charge in [0, 0.05) is 9.99 Å². The van der Waals surface area contributed by atoms with E-state index in [2.05, 4.69) is 22.6 Å². The van der Waals surface area contributed by atoms with Gasteiger partial charge in [0.15, 0.2) is 17.3 Å². The number of carbonyl (C=O) groups excluding carboxylic acids is 1. The van der Waals surface area contributed by atoms with E-state index in [9.17, 15) is 4.79 Å². The highest BCUT2D eigenvalue weighted by molar-refractivity contribution is 14.1. The molecule has 0 aliphatic heterocycles. The van der Waals surface area contributed by atoms with Gasteiger partial charge in [0.1, 0.15) is 0 Å². The molecule has 0 saturated carbocycles. The molecule has 0 aromatic heterocycles. The molecular weight excluding hydrogens is 319 g/mol. The number of carbonyl (C=O) groups is 1. The molecule has 1 aromatic carbocycles. The number of methoxy groups -OCH3 is 1. The van der Waals surface area contributed by atoms with Crippen LogP contribution in [-0.4, -0.2) is 23.9 Å². The van der Waals surface area contributed by atoms with E-state index in [1.165, 1.54) is 6.92 Å². The Hall–Kier alpha value is -0.780. The summed E-state index contributed by atoms with van der Waals surface area (Å²) in [6.07, 6.45) is 0.998. The first-order valence-electron chi connectivity index (χ1n) is 5.06. The lowest BCUT2D eigenvalue weighted by Gasteiger charge is -2.10. The zero-order valence-electron chi connectivity index (χ0n) is 9.46. The Kier molecular flexibility index (Phi) is 5.59. The minimum atomic E-state index is 0.0251. The zero-order chi connectivity index (χ0) is 12.0. The average molecular weight is 334 g/mol. The number of ether oxygens (including phenoxy) is 2. The van der Waals surface area contributed by atoms with Crippen LogP contribution < -0.4 is 9.47 Å². The maximum atomic E-state index is 11.2. The van der Waals surface area contributed by atoms with Crippen LogP contribution in [0.25, 0.3) is 0 Å². The second-order valence-electron chi connectivity index (χ2n) is 3.31. The topological polar surface area (TPSA) is 35.5 Å². The second-order valence-corrected chi connectivity index (χ2v) is 4.39. The van der Waals surface area contributed by atoms with Crippen molar-refractivity contribution in [2.24, 2.45) is 0 Å². The summed E-state index contributed by atoms with van der Waals surface area (Å²) >= 11 is 2.31. The predicted molar refractivity (Wildman–Crippen MR) is 72.0 cm³/mol. The molecule has 0 aliphatic rings. The number of halogens is 1. The molecule has 0 saturated heterocycles. The highest BCUT2D eigenvalue weighted by Gasteiger charge is 2.07. The molecule has 0 radical (unpaired) electrons. The van der Waals surface area contributed by atoms with Gasteiger partial charge in [-0.15, -0.1) is 0 Å². The van der Waals surface area contributed by atoms with E-state index in [1.807, 2.05) is 0 Å². The van der Waals surface area contributed by atoms with Crippen molar-refractivity contribution in [2.75, 3.05) is 18.1 Å². The Morgan fingerprint density at radius 2 is 2.12 bits per heavy atom. The first-order valence-corrected chi connectivity index (χ1v) is 6.59. The first-order chi connectivity index (χ1) is 7.69. The van der Waals surface area contributed by atoms with Gasteiger partial charge in [-0.3, -0.25) is 4.79 Å². The lowest BCUT2D eigenvalue weighted by molar-refractivity contribution is 0.101. The standard InChI is InChI=1S/C12H15IO3/c1-9(14)10-4-5-11(12(8-10)15-2)16-7-3-6-13/h4-5,8H,3,6-7H2,1-2H3. The molecule has 0 bridgehead atoms. The average Bonchev–Trinajstić information content (AvgIpc) is 2.29. The zero-order valence-corrected chi connectivity index (χ0v) is 11.6. The number of rotatable bonds is 6. The van der Waals surface area contributed by atoms with E-state index >= 15 is 0 Å². The van der Waals surface area contributed by atoms with Gasteiger partial charge in [-0.25, -0.2) is 0 Å². The molecule has 1 rings (SSSR count). The van der Waals surface area contributed by atoms with Gasteiger partial charge in [0.25, 0.3) is 0 Å². The number of ketones is 1. The van der Waals surface area contributed by atoms with Crippen LogP contribution in [0.1, 0.15) is 23.7 Å². The van der Waals surface area contributed by atoms with Crippen molar-refractivity contribution in [3.05, 3.63) is 23.8 Å². The van der Waals surface area contributed by atoms with Crippen molar-refractivity contribution in [3.63, 3.8) is 0 Å². The van der Waals surface area contributed by atoms with E-state index < -0.39 is 0 Å². The molecule has 3 nitrogen and oxygen atoms in total. The van der Waals surface area contributed by atoms with E-state index in [0.29, 0.717) is 23.7 Å². The van der Waals surface area contributed by atoms with Crippen molar-refractivity contribution < 1.29 is 14.3 Å². The van der Waals surface area contributed by atoms with Crippen molar-refractivity contribution in [3.8, 4) is 11.5 Å². The van der Waals surface area contributed by atoms with Gasteiger partial charge in [-0.05, 0) is 31.5 Å². The predicted octanol–water partition coefficient (Wildman–Crippen LogP) is 3.10. The van der Waals surface area contributed by atoms with Gasteiger partial charge >= 0.3 is 0 Å². The fourth-order valence-corrected chi connectivity index (χ4v) is 1.55. The number of Topliss-reactive ketones (excluding diaryl/α,β-unsaturated/α-hetero) is 1. The summed E-state index contributed by atoms with van der Waals surface area (Å²) in [5, 5.41) is 0. The van der Waals surface area contributed by atoms with Crippen LogP contribution in [0.2, 0.25) is 0 Å². The van der Waals surface area contributed by atoms with Crippen LogP contribution in [0.5, 0.6) is 11.5 Å². The van der Waals surface area contributed by atoms with Crippen LogP contribution >= 0.6 is 22.6 Å². The van der Waals surface area contributed by atoms with Crippen LogP contribution in [0.15, 0.2) is 18.2 Å². The molecule has 4 heteroatoms. The van der Waals surface area contributed by atoms with Crippen molar-refractivity contribution in [1.29, 1.82) is 0 Å². The Balaban J connectivity index is 2.80. The molecule has 0 amide bonds. The van der Waals surface area contributed by atoms with Gasteiger partial charge < -0.3 is 9.47 Å². The molecule has 0 N–H and O–H groups in total. The molecule has 0 heterocycles. The van der Waals surface area contributed by atoms with Crippen LogP contribution in [0.4, 0.5) is 0 Å². The molecule has 88 valence electrons. The SMILES string of the molecule is COc1cc(C(C)=O)ccc1OCCCI. The third kappa shape index (κ3) is 3.66. The molecule has 1 aromatic rings. The summed E-state index contributed by atoms with van der Waals surface area (Å²) in [5.74, 6) is 1.33. The second kappa shape index (κ2) is 6.73. The number of alkyl halides is 1. The van der Waals surface area contributed by atoms with Crippen molar-refractivity contribution in [2.45, 2.75) is 13.3 Å². The Bertz CT molecular complexity index is 363. The fraction of sp³-hybridized carbons (Fsp3) is 0.417. The summed E-state index contributed by atoms with van der Waals surface area (Å²) < 4.78 is 11.8. The smallest absolute Gasteiger partial charge is 0.161 e. The lowest BCUT2D eigenvalue weighted by Crippen LogP contribution is -2.01. The molecular formula is C12H15IO3. The van der Waals surface area contributed by atoms with Gasteiger partial charge in [-0.1, -0.05) is 22.6 Å². The van der Waals surface area contributed by atoms with E-state index in [0.717, 1.165) is 10.8 Å². The summed E-state index contributed by atoms with van der Waals surface area (Å²) in [4.78, 5) is 11.2. The van der Waals surface area contributed by atoms with Gasteiger partial charge in [0.2, 0.25) is 0 Å². The number of hydrogen-bond acceptors (Lipinski definition) is 3. The molecule has 16 heavy (non-hydrogen) atoms. The molecule has 0 aliphatic carbocycles. The van der Waals surface area contributed by atoms with Crippen molar-refractivity contribution >= 4 is 28.4 Å². The largest absolute Gasteiger partial charge is 0.493 e. The summed E-state index contributed by atoms with van der Waals surface area (Å²) in [5.41, 5.74) is 0.637. The highest BCUT2D eigenvalue weighted by atomic mass is 127. The number of benzene rings is 1. The minimum absolute atomic E-state index is 0.0251. The summed E-state index contributed by atoms with van der Waals surface area (Å²) in [7, 11) is 1.57. The van der Waals surface area contributed by atoms with Crippen LogP contribution in [0, 0.1) is 0 Å². The summed E-state index contributed by atoms with van der Waals surface area (Å²) in [6, 6.07) is 5.24. The first kappa shape index (κ1) is 13.3.